The Hall–Kier alpha value is -6.18. The number of amides is 4. The van der Waals surface area contributed by atoms with E-state index in [1.807, 2.05) is 0 Å². The summed E-state index contributed by atoms with van der Waals surface area (Å²) in [6.07, 6.45) is 7.56. The summed E-state index contributed by atoms with van der Waals surface area (Å²) in [5.74, 6) is -4.82. The number of hydrogen-bond acceptors (Lipinski definition) is 11. The van der Waals surface area contributed by atoms with Gasteiger partial charge in [0.15, 0.2) is 0 Å². The number of imide groups is 2. The number of fused-ring (bicyclic) bond motifs is 1. The van der Waals surface area contributed by atoms with E-state index in [2.05, 4.69) is 0 Å². The highest BCUT2D eigenvalue weighted by atomic mass is 16.6. The Bertz CT molecular complexity index is 2710. The first-order valence-corrected chi connectivity index (χ1v) is 19.8. The van der Waals surface area contributed by atoms with E-state index in [0.29, 0.717) is 25.7 Å². The van der Waals surface area contributed by atoms with Crippen molar-refractivity contribution in [1.82, 2.24) is 9.80 Å². The lowest BCUT2D eigenvalue weighted by atomic mass is 9.75. The number of carbonyl (C=O) groups excluding carboxylic acids is 6. The van der Waals surface area contributed by atoms with E-state index in [0.717, 1.165) is 43.4 Å². The van der Waals surface area contributed by atoms with Crippen LogP contribution in [0.2, 0.25) is 0 Å². The van der Waals surface area contributed by atoms with E-state index in [-0.39, 0.29) is 95.9 Å². The molecule has 5 aromatic carbocycles. The number of benzene rings is 5. The fourth-order valence-electron chi connectivity index (χ4n) is 10.5. The van der Waals surface area contributed by atoms with Crippen LogP contribution in [0, 0.1) is 10.1 Å². The van der Waals surface area contributed by atoms with Crippen molar-refractivity contribution in [3.8, 4) is 5.75 Å². The number of nitro groups is 1. The maximum absolute atomic E-state index is 14.8. The van der Waals surface area contributed by atoms with Crippen LogP contribution >= 0.6 is 0 Å². The molecule has 0 saturated heterocycles. The zero-order chi connectivity index (χ0) is 39.7. The van der Waals surface area contributed by atoms with Crippen molar-refractivity contribution in [3.63, 3.8) is 0 Å². The van der Waals surface area contributed by atoms with Crippen molar-refractivity contribution in [2.24, 2.45) is 0 Å². The molecular formula is C43H37N3O11. The van der Waals surface area contributed by atoms with Gasteiger partial charge in [0.1, 0.15) is 5.75 Å². The van der Waals surface area contributed by atoms with E-state index in [4.69, 9.17) is 14.2 Å². The smallest absolute Gasteiger partial charge is 0.367 e. The molecule has 5 aliphatic rings. The molecular weight excluding hydrogens is 734 g/mol. The minimum absolute atomic E-state index is 0.0174. The maximum Gasteiger partial charge on any atom is 0.367 e. The second-order valence-electron chi connectivity index (χ2n) is 15.6. The molecule has 2 fully saturated rings. The number of nitro benzene ring substituents is 1. The number of carbonyl (C=O) groups is 6. The van der Waals surface area contributed by atoms with Crippen LogP contribution in [0.4, 0.5) is 5.69 Å². The Labute approximate surface area is 324 Å². The first-order valence-electron chi connectivity index (χ1n) is 19.8. The van der Waals surface area contributed by atoms with Gasteiger partial charge in [-0.15, -0.1) is 0 Å². The quantitative estimate of drug-likeness (QED) is 0.0310. The molecule has 0 N–H and O–H groups in total. The van der Waals surface area contributed by atoms with E-state index >= 15 is 0 Å². The fourth-order valence-corrected chi connectivity index (χ4v) is 10.5. The first-order chi connectivity index (χ1) is 27.5. The van der Waals surface area contributed by atoms with Gasteiger partial charge in [0.05, 0.1) is 34.7 Å². The van der Waals surface area contributed by atoms with Gasteiger partial charge in [-0.05, 0) is 63.1 Å². The summed E-state index contributed by atoms with van der Waals surface area (Å²) in [5.41, 5.74) is -3.12. The second-order valence-corrected chi connectivity index (χ2v) is 15.6. The summed E-state index contributed by atoms with van der Waals surface area (Å²) >= 11 is 0. The number of non-ortho nitro benzene ring substituents is 1. The standard InChI is InChI=1S/C43H37N3O11/c1-3-55-41(51)43(42(52)56-4-2)27-17-24-31-25(39(49)45(38(24)48)21-13-9-6-10-14-21)18-28(46(53)54)32-22-15-16-23-30-26(19-29(57-43)35(33(22)30)34(27)36(31)32)40(50)44(37(23)47)20-11-7-5-8-12-20/h15-21H,3-14H2,1-2H3. The summed E-state index contributed by atoms with van der Waals surface area (Å²) in [5, 5.41) is 14.7. The van der Waals surface area contributed by atoms with Crippen LogP contribution in [0.15, 0.2) is 30.3 Å². The zero-order valence-electron chi connectivity index (χ0n) is 31.4. The molecule has 0 atom stereocenters. The molecule has 5 aromatic rings. The van der Waals surface area contributed by atoms with Crippen molar-refractivity contribution >= 4 is 84.3 Å². The highest BCUT2D eigenvalue weighted by molar-refractivity contribution is 6.44. The largest absolute Gasteiger partial charge is 0.462 e. The Kier molecular flexibility index (Phi) is 7.67. The van der Waals surface area contributed by atoms with Crippen LogP contribution < -0.4 is 4.74 Å². The Morgan fingerprint density at radius 2 is 1.18 bits per heavy atom. The lowest BCUT2D eigenvalue weighted by Crippen LogP contribution is -2.53. The molecule has 14 heteroatoms. The average Bonchev–Trinajstić information content (AvgIpc) is 3.21. The molecule has 57 heavy (non-hydrogen) atoms. The molecule has 4 amide bonds. The molecule has 0 radical (unpaired) electrons. The van der Waals surface area contributed by atoms with Crippen LogP contribution in [0.5, 0.6) is 5.75 Å². The summed E-state index contributed by atoms with van der Waals surface area (Å²) in [6, 6.07) is 6.32. The topological polar surface area (TPSA) is 180 Å². The minimum Gasteiger partial charge on any atom is -0.462 e. The minimum atomic E-state index is -2.70. The number of rotatable bonds is 7. The molecule has 0 bridgehead atoms. The third-order valence-corrected chi connectivity index (χ3v) is 12.8. The van der Waals surface area contributed by atoms with Crippen LogP contribution in [0.3, 0.4) is 0 Å². The van der Waals surface area contributed by atoms with Gasteiger partial charge in [0.25, 0.3) is 29.3 Å². The predicted octanol–water partition coefficient (Wildman–Crippen LogP) is 7.22. The Balaban J connectivity index is 1.40. The van der Waals surface area contributed by atoms with Crippen LogP contribution in [0.1, 0.15) is 125 Å². The van der Waals surface area contributed by atoms with Gasteiger partial charge in [-0.2, -0.15) is 0 Å². The van der Waals surface area contributed by atoms with Gasteiger partial charge in [-0.1, -0.05) is 44.6 Å². The summed E-state index contributed by atoms with van der Waals surface area (Å²) < 4.78 is 17.7. The average molecular weight is 772 g/mol. The molecule has 3 heterocycles. The molecule has 290 valence electrons. The molecule has 0 spiro atoms. The van der Waals surface area contributed by atoms with Gasteiger partial charge in [0.2, 0.25) is 0 Å². The predicted molar refractivity (Wildman–Crippen MR) is 205 cm³/mol. The number of ether oxygens (including phenoxy) is 3. The molecule has 2 saturated carbocycles. The summed E-state index contributed by atoms with van der Waals surface area (Å²) in [7, 11) is 0. The third-order valence-electron chi connectivity index (χ3n) is 12.8. The Morgan fingerprint density at radius 1 is 0.667 bits per heavy atom. The molecule has 10 rings (SSSR count). The van der Waals surface area contributed by atoms with Crippen LogP contribution in [-0.4, -0.2) is 75.6 Å². The van der Waals surface area contributed by atoms with Crippen molar-refractivity contribution < 1.29 is 47.9 Å². The highest BCUT2D eigenvalue weighted by Gasteiger charge is 2.58. The van der Waals surface area contributed by atoms with Crippen molar-refractivity contribution in [1.29, 1.82) is 0 Å². The Morgan fingerprint density at radius 3 is 1.72 bits per heavy atom. The number of esters is 2. The molecule has 0 unspecified atom stereocenters. The molecule has 14 nitrogen and oxygen atoms in total. The van der Waals surface area contributed by atoms with E-state index < -0.39 is 57.8 Å². The van der Waals surface area contributed by atoms with E-state index in [9.17, 15) is 38.9 Å². The second kappa shape index (κ2) is 12.4. The van der Waals surface area contributed by atoms with Crippen LogP contribution in [0.25, 0.3) is 43.1 Å². The SMILES string of the molecule is CCOC(=O)C1(C(=O)OCC)Oc2cc3c4c(ccc5c6c([N+](=O)[O-])cc7c8c(cc1c(c2c45)c86)C(=O)N(C1CCCCC1)C7=O)C(=O)N(C1CCCCC1)C3=O. The van der Waals surface area contributed by atoms with Gasteiger partial charge in [-0.25, -0.2) is 9.59 Å². The van der Waals surface area contributed by atoms with Crippen molar-refractivity contribution in [2.75, 3.05) is 13.2 Å². The first kappa shape index (κ1) is 35.2. The number of nitrogens with zero attached hydrogens (tertiary/aromatic N) is 3. The van der Waals surface area contributed by atoms with Gasteiger partial charge >= 0.3 is 17.5 Å². The van der Waals surface area contributed by atoms with E-state index in [1.54, 1.807) is 26.0 Å². The normalized spacial score (nSPS) is 19.3. The monoisotopic (exact) mass is 771 g/mol. The molecule has 3 aliphatic heterocycles. The van der Waals surface area contributed by atoms with Gasteiger partial charge in [0, 0.05) is 67.2 Å². The third kappa shape index (κ3) is 4.46. The lowest BCUT2D eigenvalue weighted by molar-refractivity contribution is -0.383. The summed E-state index contributed by atoms with van der Waals surface area (Å²) in [4.78, 5) is 102. The maximum atomic E-state index is 14.8. The molecule has 2 aliphatic carbocycles. The van der Waals surface area contributed by atoms with E-state index in [1.165, 1.54) is 23.1 Å². The van der Waals surface area contributed by atoms with Crippen LogP contribution in [-0.2, 0) is 24.7 Å². The summed E-state index contributed by atoms with van der Waals surface area (Å²) in [6.45, 7) is 2.74. The van der Waals surface area contributed by atoms with Gasteiger partial charge in [-0.3, -0.25) is 39.1 Å². The van der Waals surface area contributed by atoms with Crippen molar-refractivity contribution in [2.45, 2.75) is 95.7 Å². The molecule has 0 aromatic heterocycles. The highest BCUT2D eigenvalue weighted by Crippen LogP contribution is 2.57. The fraction of sp³-hybridized carbons (Fsp3) is 0.395. The van der Waals surface area contributed by atoms with Gasteiger partial charge < -0.3 is 14.2 Å². The lowest BCUT2D eigenvalue weighted by Gasteiger charge is -2.40. The zero-order valence-corrected chi connectivity index (χ0v) is 31.4. The number of hydrogen-bond donors (Lipinski definition) is 0. The van der Waals surface area contributed by atoms with Crippen molar-refractivity contribution in [3.05, 3.63) is 68.3 Å².